The number of nitrogens with one attached hydrogen (secondary N) is 1. The summed E-state index contributed by atoms with van der Waals surface area (Å²) >= 11 is 0. The summed E-state index contributed by atoms with van der Waals surface area (Å²) in [4.78, 5) is 0. The molecule has 0 aliphatic carbocycles. The van der Waals surface area contributed by atoms with Crippen LogP contribution in [-0.4, -0.2) is 7.05 Å². The molecule has 0 saturated heterocycles. The molecule has 102 valence electrons. The van der Waals surface area contributed by atoms with E-state index in [0.717, 1.165) is 29.4 Å². The van der Waals surface area contributed by atoms with Gasteiger partial charge >= 0.3 is 0 Å². The van der Waals surface area contributed by atoms with E-state index in [1.54, 1.807) is 0 Å². The number of hydrogen-bond donors (Lipinski definition) is 1. The van der Waals surface area contributed by atoms with Gasteiger partial charge < -0.3 is 14.5 Å². The number of rotatable bonds is 5. The second kappa shape index (κ2) is 5.93. The van der Waals surface area contributed by atoms with Crippen LogP contribution < -0.4 is 10.1 Å². The molecule has 3 heteroatoms. The van der Waals surface area contributed by atoms with Gasteiger partial charge in [-0.2, -0.15) is 0 Å². The van der Waals surface area contributed by atoms with Crippen LogP contribution in [0.5, 0.6) is 5.75 Å². The highest BCUT2D eigenvalue weighted by molar-refractivity contribution is 5.44. The van der Waals surface area contributed by atoms with E-state index in [2.05, 4.69) is 38.2 Å². The third-order valence-corrected chi connectivity index (χ3v) is 3.30. The van der Waals surface area contributed by atoms with Gasteiger partial charge in [0, 0.05) is 0 Å². The Balaban J connectivity index is 2.07. The van der Waals surface area contributed by atoms with Gasteiger partial charge in [-0.25, -0.2) is 0 Å². The molecule has 1 heterocycles. The summed E-state index contributed by atoms with van der Waals surface area (Å²) in [5, 5.41) is 3.06. The minimum Gasteiger partial charge on any atom is -0.485 e. The minimum atomic E-state index is 0.467. The lowest BCUT2D eigenvalue weighted by atomic mass is 10.1. The lowest BCUT2D eigenvalue weighted by Gasteiger charge is -2.13. The Kier molecular flexibility index (Phi) is 4.27. The van der Waals surface area contributed by atoms with Crippen LogP contribution in [0.25, 0.3) is 0 Å². The highest BCUT2D eigenvalue weighted by atomic mass is 16.5. The molecule has 0 aliphatic heterocycles. The molecule has 1 N–H and O–H groups in total. The van der Waals surface area contributed by atoms with Crippen molar-refractivity contribution in [2.45, 2.75) is 33.9 Å². The molecule has 0 bridgehead atoms. The van der Waals surface area contributed by atoms with E-state index in [-0.39, 0.29) is 0 Å². The van der Waals surface area contributed by atoms with Crippen LogP contribution in [0.4, 0.5) is 0 Å². The monoisotopic (exact) mass is 259 g/mol. The van der Waals surface area contributed by atoms with Crippen molar-refractivity contribution in [2.24, 2.45) is 0 Å². The molecule has 0 radical (unpaired) electrons. The van der Waals surface area contributed by atoms with Crippen LogP contribution in [0.3, 0.4) is 0 Å². The van der Waals surface area contributed by atoms with Crippen molar-refractivity contribution in [3.8, 4) is 5.75 Å². The molecule has 3 nitrogen and oxygen atoms in total. The Morgan fingerprint density at radius 3 is 2.42 bits per heavy atom. The molecule has 0 unspecified atom stereocenters. The highest BCUT2D eigenvalue weighted by Crippen LogP contribution is 2.26. The molecule has 0 saturated carbocycles. The summed E-state index contributed by atoms with van der Waals surface area (Å²) in [7, 11) is 1.90. The normalized spacial score (nSPS) is 10.7. The quantitative estimate of drug-likeness (QED) is 0.892. The first-order valence-electron chi connectivity index (χ1n) is 6.53. The van der Waals surface area contributed by atoms with Gasteiger partial charge in [0.25, 0.3) is 0 Å². The molecule has 0 fully saturated rings. The van der Waals surface area contributed by atoms with Crippen LogP contribution in [0, 0.1) is 20.8 Å². The van der Waals surface area contributed by atoms with Crippen LogP contribution >= 0.6 is 0 Å². The second-order valence-electron chi connectivity index (χ2n) is 4.84. The average molecular weight is 259 g/mol. The largest absolute Gasteiger partial charge is 0.485 e. The Hall–Kier alpha value is -1.74. The fourth-order valence-electron chi connectivity index (χ4n) is 2.06. The van der Waals surface area contributed by atoms with E-state index in [1.165, 1.54) is 11.1 Å². The van der Waals surface area contributed by atoms with Gasteiger partial charge in [0.15, 0.2) is 0 Å². The first-order chi connectivity index (χ1) is 9.11. The van der Waals surface area contributed by atoms with Gasteiger partial charge in [-0.1, -0.05) is 12.1 Å². The maximum Gasteiger partial charge on any atom is 0.146 e. The second-order valence-corrected chi connectivity index (χ2v) is 4.84. The molecule has 1 aromatic carbocycles. The number of hydrogen-bond acceptors (Lipinski definition) is 3. The molecular formula is C16H21NO2. The summed E-state index contributed by atoms with van der Waals surface area (Å²) < 4.78 is 11.6. The van der Waals surface area contributed by atoms with Gasteiger partial charge in [0.05, 0.1) is 6.54 Å². The van der Waals surface area contributed by atoms with Crippen LogP contribution in [0.1, 0.15) is 28.2 Å². The first-order valence-corrected chi connectivity index (χ1v) is 6.53. The van der Waals surface area contributed by atoms with Crippen LogP contribution in [-0.2, 0) is 13.2 Å². The predicted octanol–water partition coefficient (Wildman–Crippen LogP) is 3.50. The zero-order chi connectivity index (χ0) is 13.8. The highest BCUT2D eigenvalue weighted by Gasteiger charge is 2.08. The Labute approximate surface area is 114 Å². The van der Waals surface area contributed by atoms with Crippen LogP contribution in [0.15, 0.2) is 28.7 Å². The lowest BCUT2D eigenvalue weighted by molar-refractivity contribution is 0.262. The SMILES string of the molecule is CNCc1ccc(COc2c(C)ccc(C)c2C)o1. The minimum absolute atomic E-state index is 0.467. The number of benzene rings is 1. The summed E-state index contributed by atoms with van der Waals surface area (Å²) in [6, 6.07) is 8.15. The molecule has 19 heavy (non-hydrogen) atoms. The molecular weight excluding hydrogens is 238 g/mol. The molecule has 0 spiro atoms. The summed E-state index contributed by atoms with van der Waals surface area (Å²) in [6.07, 6.45) is 0. The van der Waals surface area contributed by atoms with E-state index in [9.17, 15) is 0 Å². The van der Waals surface area contributed by atoms with Gasteiger partial charge in [-0.15, -0.1) is 0 Å². The van der Waals surface area contributed by atoms with Gasteiger partial charge in [0.2, 0.25) is 0 Å². The fourth-order valence-corrected chi connectivity index (χ4v) is 2.06. The van der Waals surface area contributed by atoms with Crippen molar-refractivity contribution >= 4 is 0 Å². The lowest BCUT2D eigenvalue weighted by Crippen LogP contribution is -2.03. The summed E-state index contributed by atoms with van der Waals surface area (Å²) in [5.74, 6) is 2.75. The third kappa shape index (κ3) is 3.18. The van der Waals surface area contributed by atoms with E-state index in [4.69, 9.17) is 9.15 Å². The maximum absolute atomic E-state index is 5.91. The topological polar surface area (TPSA) is 34.4 Å². The van der Waals surface area contributed by atoms with Crippen molar-refractivity contribution in [1.82, 2.24) is 5.32 Å². The van der Waals surface area contributed by atoms with Crippen LogP contribution in [0.2, 0.25) is 0 Å². The predicted molar refractivity (Wildman–Crippen MR) is 76.5 cm³/mol. The zero-order valence-corrected chi connectivity index (χ0v) is 12.0. The van der Waals surface area contributed by atoms with Crippen molar-refractivity contribution in [3.05, 3.63) is 52.5 Å². The Morgan fingerprint density at radius 2 is 1.68 bits per heavy atom. The molecule has 0 atom stereocenters. The van der Waals surface area contributed by atoms with Gasteiger partial charge in [0.1, 0.15) is 23.9 Å². The van der Waals surface area contributed by atoms with Gasteiger partial charge in [-0.3, -0.25) is 0 Å². The number of aryl methyl sites for hydroxylation is 2. The van der Waals surface area contributed by atoms with Gasteiger partial charge in [-0.05, 0) is 56.6 Å². The molecule has 1 aromatic heterocycles. The Morgan fingerprint density at radius 1 is 1.00 bits per heavy atom. The summed E-state index contributed by atoms with van der Waals surface area (Å²) in [6.45, 7) is 7.46. The molecule has 2 aromatic rings. The number of furan rings is 1. The van der Waals surface area contributed by atoms with Crippen molar-refractivity contribution in [1.29, 1.82) is 0 Å². The molecule has 0 aliphatic rings. The third-order valence-electron chi connectivity index (χ3n) is 3.30. The maximum atomic E-state index is 5.91. The van der Waals surface area contributed by atoms with E-state index < -0.39 is 0 Å². The summed E-state index contributed by atoms with van der Waals surface area (Å²) in [5.41, 5.74) is 3.60. The van der Waals surface area contributed by atoms with Crippen molar-refractivity contribution in [3.63, 3.8) is 0 Å². The standard InChI is InChI=1S/C16H21NO2/c1-11-5-6-12(2)16(13(11)3)18-10-15-8-7-14(19-15)9-17-4/h5-8,17H,9-10H2,1-4H3. The van der Waals surface area contributed by atoms with Crippen molar-refractivity contribution in [2.75, 3.05) is 7.05 Å². The van der Waals surface area contributed by atoms with E-state index in [0.29, 0.717) is 6.61 Å². The Bertz CT molecular complexity index is 558. The number of ether oxygens (including phenoxy) is 1. The molecule has 0 amide bonds. The fraction of sp³-hybridized carbons (Fsp3) is 0.375. The smallest absolute Gasteiger partial charge is 0.146 e. The molecule has 2 rings (SSSR count). The van der Waals surface area contributed by atoms with E-state index >= 15 is 0 Å². The average Bonchev–Trinajstić information content (AvgIpc) is 2.82. The van der Waals surface area contributed by atoms with Crippen molar-refractivity contribution < 1.29 is 9.15 Å². The first kappa shape index (κ1) is 13.7. The van der Waals surface area contributed by atoms with E-state index in [1.807, 2.05) is 19.2 Å². The zero-order valence-electron chi connectivity index (χ0n) is 12.0.